The Kier molecular flexibility index (Phi) is 7.32. The van der Waals surface area contributed by atoms with Crippen molar-refractivity contribution in [1.82, 2.24) is 15.0 Å². The Labute approximate surface area is 179 Å². The predicted molar refractivity (Wildman–Crippen MR) is 116 cm³/mol. The summed E-state index contributed by atoms with van der Waals surface area (Å²) >= 11 is 0. The third-order valence-electron chi connectivity index (χ3n) is 4.07. The van der Waals surface area contributed by atoms with Crippen molar-refractivity contribution in [3.63, 3.8) is 0 Å². The van der Waals surface area contributed by atoms with E-state index in [1.807, 2.05) is 6.92 Å². The highest BCUT2D eigenvalue weighted by molar-refractivity contribution is 6.02. The monoisotopic (exact) mass is 420 g/mol. The Bertz CT molecular complexity index is 1110. The topological polar surface area (TPSA) is 115 Å². The van der Waals surface area contributed by atoms with Crippen LogP contribution in [0.5, 0.6) is 5.88 Å². The Morgan fingerprint density at radius 2 is 2.06 bits per heavy atom. The van der Waals surface area contributed by atoms with Crippen molar-refractivity contribution in [2.75, 3.05) is 23.0 Å². The number of hydrogen-bond acceptors (Lipinski definition) is 7. The lowest BCUT2D eigenvalue weighted by atomic mass is 10.1. The van der Waals surface area contributed by atoms with Crippen LogP contribution in [0.25, 0.3) is 0 Å². The van der Waals surface area contributed by atoms with E-state index in [1.54, 1.807) is 18.3 Å². The number of ether oxygens (including phenoxy) is 1. The number of nitrogens with zero attached hydrogens (tertiary/aromatic N) is 3. The van der Waals surface area contributed by atoms with E-state index in [-0.39, 0.29) is 24.7 Å². The van der Waals surface area contributed by atoms with Crippen LogP contribution in [0.15, 0.2) is 48.9 Å². The molecule has 0 atom stereocenters. The van der Waals surface area contributed by atoms with E-state index in [1.165, 1.54) is 30.6 Å². The maximum Gasteiger partial charge on any atom is 0.275 e. The van der Waals surface area contributed by atoms with Crippen LogP contribution in [0.1, 0.15) is 29.4 Å². The minimum atomic E-state index is -0.480. The second-order valence-electron chi connectivity index (χ2n) is 6.29. The predicted octanol–water partition coefficient (Wildman–Crippen LogP) is 3.25. The number of halogens is 1. The number of pyridine rings is 1. The summed E-state index contributed by atoms with van der Waals surface area (Å²) in [4.78, 5) is 24.5. The smallest absolute Gasteiger partial charge is 0.275 e. The SMILES string of the molecule is CCC#CCOc1cnc(C(=O)Nc2ccc(F)c(CNc3cccnc3N)c2)cn1. The summed E-state index contributed by atoms with van der Waals surface area (Å²) < 4.78 is 19.5. The first-order valence-corrected chi connectivity index (χ1v) is 9.51. The molecule has 158 valence electrons. The lowest BCUT2D eigenvalue weighted by molar-refractivity contribution is 0.102. The molecular formula is C22H21FN6O2. The number of hydrogen-bond donors (Lipinski definition) is 3. The number of anilines is 3. The van der Waals surface area contributed by atoms with Gasteiger partial charge >= 0.3 is 0 Å². The van der Waals surface area contributed by atoms with Crippen LogP contribution < -0.4 is 21.1 Å². The van der Waals surface area contributed by atoms with E-state index in [4.69, 9.17) is 10.5 Å². The van der Waals surface area contributed by atoms with Crippen molar-refractivity contribution in [3.8, 4) is 17.7 Å². The molecule has 0 aliphatic rings. The Hall–Kier alpha value is -4.19. The van der Waals surface area contributed by atoms with Gasteiger partial charge in [0, 0.05) is 30.4 Å². The Morgan fingerprint density at radius 1 is 1.19 bits per heavy atom. The highest BCUT2D eigenvalue weighted by atomic mass is 19.1. The second kappa shape index (κ2) is 10.5. The van der Waals surface area contributed by atoms with Crippen LogP contribution in [-0.4, -0.2) is 27.5 Å². The fraction of sp³-hybridized carbons (Fsp3) is 0.182. The molecule has 2 aromatic heterocycles. The van der Waals surface area contributed by atoms with Crippen LogP contribution in [0.4, 0.5) is 21.6 Å². The lowest BCUT2D eigenvalue weighted by Crippen LogP contribution is -2.15. The minimum absolute atomic E-state index is 0.0964. The number of aromatic nitrogens is 3. The standard InChI is InChI=1S/C22H21FN6O2/c1-2-3-4-10-31-20-14-27-19(13-28-20)22(30)29-16-7-8-17(23)15(11-16)12-26-18-6-5-9-25-21(18)24/h5-9,11,13-14,26H,2,10,12H2,1H3,(H2,24,25)(H,29,30). The summed E-state index contributed by atoms with van der Waals surface area (Å²) in [5, 5.41) is 5.71. The van der Waals surface area contributed by atoms with E-state index in [9.17, 15) is 9.18 Å². The summed E-state index contributed by atoms with van der Waals surface area (Å²) in [7, 11) is 0. The van der Waals surface area contributed by atoms with Gasteiger partial charge in [0.2, 0.25) is 5.88 Å². The van der Waals surface area contributed by atoms with Crippen LogP contribution in [0.3, 0.4) is 0 Å². The third-order valence-corrected chi connectivity index (χ3v) is 4.07. The number of nitrogen functional groups attached to an aromatic ring is 1. The molecule has 2 heterocycles. The minimum Gasteiger partial charge on any atom is -0.463 e. The summed E-state index contributed by atoms with van der Waals surface area (Å²) in [5.41, 5.74) is 7.24. The molecule has 8 nitrogen and oxygen atoms in total. The van der Waals surface area contributed by atoms with Gasteiger partial charge in [-0.1, -0.05) is 12.8 Å². The number of nitrogens with one attached hydrogen (secondary N) is 2. The van der Waals surface area contributed by atoms with Crippen molar-refractivity contribution < 1.29 is 13.9 Å². The lowest BCUT2D eigenvalue weighted by Gasteiger charge is -2.11. The van der Waals surface area contributed by atoms with Crippen molar-refractivity contribution in [1.29, 1.82) is 0 Å². The van der Waals surface area contributed by atoms with Crippen molar-refractivity contribution in [3.05, 3.63) is 66.0 Å². The molecule has 9 heteroatoms. The van der Waals surface area contributed by atoms with Crippen LogP contribution in [0.2, 0.25) is 0 Å². The van der Waals surface area contributed by atoms with Gasteiger partial charge in [0.25, 0.3) is 5.91 Å². The molecule has 4 N–H and O–H groups in total. The zero-order chi connectivity index (χ0) is 22.1. The normalized spacial score (nSPS) is 10.0. The van der Waals surface area contributed by atoms with Gasteiger partial charge in [0.15, 0.2) is 6.61 Å². The van der Waals surface area contributed by atoms with Gasteiger partial charge in [-0.25, -0.2) is 19.3 Å². The molecule has 0 fully saturated rings. The fourth-order valence-electron chi connectivity index (χ4n) is 2.53. The maximum absolute atomic E-state index is 14.2. The highest BCUT2D eigenvalue weighted by Crippen LogP contribution is 2.19. The fourth-order valence-corrected chi connectivity index (χ4v) is 2.53. The summed E-state index contributed by atoms with van der Waals surface area (Å²) in [6.45, 7) is 2.31. The molecule has 31 heavy (non-hydrogen) atoms. The molecule has 1 amide bonds. The van der Waals surface area contributed by atoms with E-state index >= 15 is 0 Å². The van der Waals surface area contributed by atoms with E-state index in [0.29, 0.717) is 22.8 Å². The molecule has 0 aliphatic carbocycles. The number of nitrogens with two attached hydrogens (primary N) is 1. The quantitative estimate of drug-likeness (QED) is 0.503. The Morgan fingerprint density at radius 3 is 2.81 bits per heavy atom. The molecule has 0 unspecified atom stereocenters. The second-order valence-corrected chi connectivity index (χ2v) is 6.29. The first kappa shape index (κ1) is 21.5. The molecule has 0 spiro atoms. The van der Waals surface area contributed by atoms with E-state index < -0.39 is 11.7 Å². The third kappa shape index (κ3) is 6.14. The first-order valence-electron chi connectivity index (χ1n) is 9.51. The number of rotatable bonds is 7. The molecule has 3 aromatic rings. The van der Waals surface area contributed by atoms with Gasteiger partial charge < -0.3 is 21.1 Å². The molecule has 3 rings (SSSR count). The van der Waals surface area contributed by atoms with E-state index in [0.717, 1.165) is 6.42 Å². The molecular weight excluding hydrogens is 399 g/mol. The zero-order valence-corrected chi connectivity index (χ0v) is 16.9. The molecule has 0 aliphatic heterocycles. The van der Waals surface area contributed by atoms with Crippen LogP contribution in [-0.2, 0) is 6.54 Å². The van der Waals surface area contributed by atoms with E-state index in [2.05, 4.69) is 37.4 Å². The van der Waals surface area contributed by atoms with Gasteiger partial charge in [0.05, 0.1) is 18.1 Å². The summed E-state index contributed by atoms with van der Waals surface area (Å²) in [5.74, 6) is 5.39. The number of carbonyl (C=O) groups is 1. The van der Waals surface area contributed by atoms with Gasteiger partial charge in [-0.15, -0.1) is 5.92 Å². The number of carbonyl (C=O) groups excluding carboxylic acids is 1. The van der Waals surface area contributed by atoms with Crippen LogP contribution >= 0.6 is 0 Å². The van der Waals surface area contributed by atoms with Crippen molar-refractivity contribution in [2.45, 2.75) is 19.9 Å². The summed E-state index contributed by atoms with van der Waals surface area (Å²) in [6, 6.07) is 7.74. The zero-order valence-electron chi connectivity index (χ0n) is 16.9. The van der Waals surface area contributed by atoms with Gasteiger partial charge in [-0.3, -0.25) is 4.79 Å². The van der Waals surface area contributed by atoms with Crippen molar-refractivity contribution >= 4 is 23.1 Å². The van der Waals surface area contributed by atoms with Gasteiger partial charge in [0.1, 0.15) is 17.3 Å². The summed E-state index contributed by atoms with van der Waals surface area (Å²) in [6.07, 6.45) is 4.96. The van der Waals surface area contributed by atoms with Gasteiger partial charge in [-0.2, -0.15) is 0 Å². The molecule has 0 saturated heterocycles. The molecule has 1 aromatic carbocycles. The molecule has 0 bridgehead atoms. The number of benzene rings is 1. The largest absolute Gasteiger partial charge is 0.463 e. The Balaban J connectivity index is 1.62. The molecule has 0 radical (unpaired) electrons. The van der Waals surface area contributed by atoms with Crippen LogP contribution in [0, 0.1) is 17.7 Å². The average Bonchev–Trinajstić information content (AvgIpc) is 2.78. The maximum atomic E-state index is 14.2. The average molecular weight is 420 g/mol. The van der Waals surface area contributed by atoms with Crippen molar-refractivity contribution in [2.24, 2.45) is 0 Å². The first-order chi connectivity index (χ1) is 15.1. The highest BCUT2D eigenvalue weighted by Gasteiger charge is 2.11. The molecule has 0 saturated carbocycles. The van der Waals surface area contributed by atoms with Gasteiger partial charge in [-0.05, 0) is 30.3 Å². The number of amides is 1.